The molecule has 0 spiro atoms. The van der Waals surface area contributed by atoms with Crippen molar-refractivity contribution in [3.8, 4) is 34.5 Å². The summed E-state index contributed by atoms with van der Waals surface area (Å²) in [4.78, 5) is 25.3. The van der Waals surface area contributed by atoms with Gasteiger partial charge < -0.3 is 33.4 Å². The summed E-state index contributed by atoms with van der Waals surface area (Å²) in [6.07, 6.45) is -1.87. The number of rotatable bonds is 11. The Labute approximate surface area is 282 Å². The molecule has 5 aromatic rings. The van der Waals surface area contributed by atoms with Crippen LogP contribution in [0.4, 0.5) is 17.6 Å². The van der Waals surface area contributed by atoms with E-state index in [9.17, 15) is 23.1 Å². The number of benzene rings is 3. The van der Waals surface area contributed by atoms with Gasteiger partial charge in [0.15, 0.2) is 0 Å². The Morgan fingerprint density at radius 3 is 2.56 bits per heavy atom. The van der Waals surface area contributed by atoms with E-state index in [1.165, 1.54) is 44.7 Å². The number of alkyl halides is 3. The topological polar surface area (TPSA) is 127 Å². The van der Waals surface area contributed by atoms with Gasteiger partial charge in [0.25, 0.3) is 0 Å². The van der Waals surface area contributed by atoms with E-state index >= 15 is 4.39 Å². The number of methoxy groups -OCH3 is 2. The van der Waals surface area contributed by atoms with E-state index in [1.54, 1.807) is 6.07 Å². The third-order valence-electron chi connectivity index (χ3n) is 8.80. The molecule has 260 valence electrons. The second-order valence-corrected chi connectivity index (χ2v) is 11.8. The first-order valence-corrected chi connectivity index (χ1v) is 15.6. The van der Waals surface area contributed by atoms with Crippen molar-refractivity contribution in [3.63, 3.8) is 0 Å². The summed E-state index contributed by atoms with van der Waals surface area (Å²) in [6, 6.07) is 8.85. The molecule has 2 aliphatic rings. The van der Waals surface area contributed by atoms with Gasteiger partial charge in [-0.25, -0.2) is 19.2 Å². The van der Waals surface area contributed by atoms with E-state index < -0.39 is 23.5 Å². The van der Waals surface area contributed by atoms with Gasteiger partial charge in [-0.15, -0.1) is 0 Å². The Hall–Kier alpha value is -5.44. The van der Waals surface area contributed by atoms with Gasteiger partial charge in [-0.05, 0) is 42.8 Å². The van der Waals surface area contributed by atoms with E-state index in [4.69, 9.17) is 28.7 Å². The standard InChI is InChI=1S/C35H30F4N4O7/c1-46-28-13-20(35(37,38)39)4-3-18(28)17-50-34-40-8-5-26(41-34)24-14-25(36)23(22-7-10-49-32(22)24)15-30-42-31-27(43(30)16-21-6-9-48-21)11-19(33(44)45)12-29(31)47-2/h3-5,8,11-14,21H,6-7,9-10,15-17H2,1-2H3,(H,44,45)/t21-/m0/s1. The average molecular weight is 695 g/mol. The average Bonchev–Trinajstić information content (AvgIpc) is 3.70. The van der Waals surface area contributed by atoms with Crippen molar-refractivity contribution in [3.05, 3.63) is 88.1 Å². The molecule has 1 saturated heterocycles. The van der Waals surface area contributed by atoms with Crippen molar-refractivity contribution in [2.75, 3.05) is 27.4 Å². The monoisotopic (exact) mass is 694 g/mol. The Kier molecular flexibility index (Phi) is 8.68. The number of ether oxygens (including phenoxy) is 5. The van der Waals surface area contributed by atoms with E-state index in [2.05, 4.69) is 9.97 Å². The van der Waals surface area contributed by atoms with Crippen molar-refractivity contribution >= 4 is 17.0 Å². The third kappa shape index (κ3) is 6.24. The van der Waals surface area contributed by atoms with Crippen molar-refractivity contribution < 1.29 is 51.1 Å². The zero-order valence-corrected chi connectivity index (χ0v) is 26.8. The number of carbonyl (C=O) groups is 1. The number of imidazole rings is 1. The Morgan fingerprint density at radius 2 is 1.86 bits per heavy atom. The molecule has 0 saturated carbocycles. The summed E-state index contributed by atoms with van der Waals surface area (Å²) in [5, 5.41) is 9.72. The SMILES string of the molecule is COc1cc(C(F)(F)F)ccc1COc1nccc(-c2cc(F)c(Cc3nc4c(OC)cc(C(=O)O)cc4n3C[C@@H]3CCO3)c3c2OCC3)n1. The second kappa shape index (κ2) is 13.1. The van der Waals surface area contributed by atoms with Crippen LogP contribution in [0.15, 0.2) is 48.7 Å². The summed E-state index contributed by atoms with van der Waals surface area (Å²) >= 11 is 0. The van der Waals surface area contributed by atoms with Gasteiger partial charge in [-0.2, -0.15) is 18.2 Å². The fourth-order valence-electron chi connectivity index (χ4n) is 6.18. The van der Waals surface area contributed by atoms with Crippen LogP contribution in [0.1, 0.15) is 44.9 Å². The number of fused-ring (bicyclic) bond motifs is 2. The van der Waals surface area contributed by atoms with Crippen LogP contribution in [0.25, 0.3) is 22.3 Å². The maximum Gasteiger partial charge on any atom is 0.416 e. The van der Waals surface area contributed by atoms with Crippen LogP contribution in [0.3, 0.4) is 0 Å². The van der Waals surface area contributed by atoms with Gasteiger partial charge in [-0.3, -0.25) is 0 Å². The van der Waals surface area contributed by atoms with Crippen molar-refractivity contribution in [1.29, 1.82) is 0 Å². The van der Waals surface area contributed by atoms with E-state index in [0.29, 0.717) is 76.7 Å². The molecule has 3 aromatic carbocycles. The summed E-state index contributed by atoms with van der Waals surface area (Å²) < 4.78 is 85.6. The van der Waals surface area contributed by atoms with Crippen LogP contribution in [-0.2, 0) is 36.9 Å². The highest BCUT2D eigenvalue weighted by Gasteiger charge is 2.32. The number of carboxylic acids is 1. The lowest BCUT2D eigenvalue weighted by Gasteiger charge is -2.27. The molecule has 0 amide bonds. The molecule has 0 unspecified atom stereocenters. The smallest absolute Gasteiger partial charge is 0.416 e. The minimum atomic E-state index is -4.53. The van der Waals surface area contributed by atoms with E-state index in [-0.39, 0.29) is 42.2 Å². The predicted molar refractivity (Wildman–Crippen MR) is 169 cm³/mol. The fourth-order valence-corrected chi connectivity index (χ4v) is 6.18. The Bertz CT molecular complexity index is 2110. The number of aromatic carboxylic acids is 1. The molecule has 7 rings (SSSR count). The molecule has 15 heteroatoms. The molecule has 50 heavy (non-hydrogen) atoms. The summed E-state index contributed by atoms with van der Waals surface area (Å²) in [5.74, 6) is -0.392. The zero-order chi connectivity index (χ0) is 35.2. The largest absolute Gasteiger partial charge is 0.496 e. The Morgan fingerprint density at radius 1 is 1.06 bits per heavy atom. The van der Waals surface area contributed by atoms with Gasteiger partial charge in [0.05, 0.1) is 55.8 Å². The van der Waals surface area contributed by atoms with E-state index in [1.807, 2.05) is 4.57 Å². The highest BCUT2D eigenvalue weighted by molar-refractivity contribution is 5.95. The predicted octanol–water partition coefficient (Wildman–Crippen LogP) is 6.26. The molecule has 0 aliphatic carbocycles. The van der Waals surface area contributed by atoms with Crippen LogP contribution >= 0.6 is 0 Å². The molecule has 1 fully saturated rings. The maximum atomic E-state index is 16.2. The quantitative estimate of drug-likeness (QED) is 0.158. The number of aromatic nitrogens is 4. The molecule has 4 heterocycles. The lowest BCUT2D eigenvalue weighted by Crippen LogP contribution is -2.31. The Balaban J connectivity index is 1.21. The van der Waals surface area contributed by atoms with Crippen molar-refractivity contribution in [1.82, 2.24) is 19.5 Å². The number of carboxylic acid groups (broad SMARTS) is 1. The van der Waals surface area contributed by atoms with Gasteiger partial charge >= 0.3 is 18.2 Å². The van der Waals surface area contributed by atoms with Crippen LogP contribution in [0.5, 0.6) is 23.3 Å². The van der Waals surface area contributed by atoms with Gasteiger partial charge in [0.2, 0.25) is 0 Å². The van der Waals surface area contributed by atoms with Gasteiger partial charge in [0, 0.05) is 47.9 Å². The molecular weight excluding hydrogens is 664 g/mol. The van der Waals surface area contributed by atoms with Crippen LogP contribution in [0, 0.1) is 5.82 Å². The van der Waals surface area contributed by atoms with Gasteiger partial charge in [-0.1, -0.05) is 6.07 Å². The molecular formula is C35H30F4N4O7. The van der Waals surface area contributed by atoms with Crippen LogP contribution < -0.4 is 18.9 Å². The highest BCUT2D eigenvalue weighted by atomic mass is 19.4. The van der Waals surface area contributed by atoms with Crippen molar-refractivity contribution in [2.24, 2.45) is 0 Å². The first-order valence-electron chi connectivity index (χ1n) is 15.6. The lowest BCUT2D eigenvalue weighted by atomic mass is 9.96. The second-order valence-electron chi connectivity index (χ2n) is 11.8. The van der Waals surface area contributed by atoms with Crippen LogP contribution in [-0.4, -0.2) is 64.1 Å². The molecule has 2 aliphatic heterocycles. The minimum Gasteiger partial charge on any atom is -0.496 e. The molecule has 2 aromatic heterocycles. The summed E-state index contributed by atoms with van der Waals surface area (Å²) in [5.41, 5.74) is 2.25. The molecule has 1 atom stereocenters. The minimum absolute atomic E-state index is 0.00521. The molecule has 0 radical (unpaired) electrons. The first-order chi connectivity index (χ1) is 24.0. The zero-order valence-electron chi connectivity index (χ0n) is 26.8. The number of hydrogen-bond acceptors (Lipinski definition) is 9. The van der Waals surface area contributed by atoms with Crippen LogP contribution in [0.2, 0.25) is 0 Å². The summed E-state index contributed by atoms with van der Waals surface area (Å²) in [6.45, 7) is 1.15. The van der Waals surface area contributed by atoms with Gasteiger partial charge in [0.1, 0.15) is 41.0 Å². The fraction of sp³-hybridized carbons (Fsp3) is 0.314. The molecule has 1 N–H and O–H groups in total. The number of hydrogen-bond donors (Lipinski definition) is 1. The third-order valence-corrected chi connectivity index (χ3v) is 8.80. The summed E-state index contributed by atoms with van der Waals surface area (Å²) in [7, 11) is 2.70. The maximum absolute atomic E-state index is 16.2. The number of halogens is 4. The van der Waals surface area contributed by atoms with Crippen molar-refractivity contribution in [2.45, 2.75) is 44.7 Å². The molecule has 11 nitrogen and oxygen atoms in total. The first kappa shape index (κ1) is 33.1. The van der Waals surface area contributed by atoms with E-state index in [0.717, 1.165) is 18.6 Å². The molecule has 0 bridgehead atoms. The lowest BCUT2D eigenvalue weighted by molar-refractivity contribution is -0.137. The highest BCUT2D eigenvalue weighted by Crippen LogP contribution is 2.41. The number of nitrogens with zero attached hydrogens (tertiary/aromatic N) is 4. The normalized spacial score (nSPS) is 15.4.